The lowest BCUT2D eigenvalue weighted by Gasteiger charge is -2.34. The number of pyridine rings is 1. The van der Waals surface area contributed by atoms with Gasteiger partial charge in [0.1, 0.15) is 23.6 Å². The van der Waals surface area contributed by atoms with Crippen molar-refractivity contribution in [2.45, 2.75) is 18.9 Å². The summed E-state index contributed by atoms with van der Waals surface area (Å²) in [5.74, 6) is 2.59. The number of carbonyl (C=O) groups is 1. The maximum atomic E-state index is 16.4. The number of halogens is 1. The number of rotatable bonds is 5. The maximum Gasteiger partial charge on any atom is 0.407 e. The number of benzene rings is 2. The molecular formula is C30H29FN6O3. The molecule has 4 heterocycles. The van der Waals surface area contributed by atoms with Crippen molar-refractivity contribution in [3.8, 4) is 29.6 Å². The minimum absolute atomic E-state index is 0.0850. The molecule has 40 heavy (non-hydrogen) atoms. The third-order valence-electron chi connectivity index (χ3n) is 7.88. The predicted molar refractivity (Wildman–Crippen MR) is 151 cm³/mol. The molecule has 2 fully saturated rings. The molecule has 0 radical (unpaired) electrons. The lowest BCUT2D eigenvalue weighted by Crippen LogP contribution is -2.48. The highest BCUT2D eigenvalue weighted by molar-refractivity contribution is 6.02. The van der Waals surface area contributed by atoms with Gasteiger partial charge in [-0.1, -0.05) is 36.3 Å². The van der Waals surface area contributed by atoms with Crippen LogP contribution in [0.4, 0.5) is 15.0 Å². The molecule has 1 N–H and O–H groups in total. The number of piperazine rings is 1. The summed E-state index contributed by atoms with van der Waals surface area (Å²) in [6.07, 6.45) is 8.51. The van der Waals surface area contributed by atoms with Crippen molar-refractivity contribution in [3.05, 3.63) is 54.0 Å². The van der Waals surface area contributed by atoms with E-state index in [1.165, 1.54) is 4.90 Å². The molecule has 6 rings (SSSR count). The van der Waals surface area contributed by atoms with Gasteiger partial charge in [0, 0.05) is 54.9 Å². The van der Waals surface area contributed by atoms with Crippen molar-refractivity contribution < 1.29 is 19.0 Å². The highest BCUT2D eigenvalue weighted by Gasteiger charge is 2.27. The van der Waals surface area contributed by atoms with E-state index in [2.05, 4.69) is 32.8 Å². The summed E-state index contributed by atoms with van der Waals surface area (Å²) in [7, 11) is 2.06. The van der Waals surface area contributed by atoms with E-state index in [-0.39, 0.29) is 23.3 Å². The minimum Gasteiger partial charge on any atom is -0.465 e. The zero-order valence-electron chi connectivity index (χ0n) is 22.2. The lowest BCUT2D eigenvalue weighted by molar-refractivity contribution is 0.142. The van der Waals surface area contributed by atoms with Crippen molar-refractivity contribution >= 4 is 33.6 Å². The summed E-state index contributed by atoms with van der Waals surface area (Å²) < 4.78 is 22.5. The van der Waals surface area contributed by atoms with E-state index in [4.69, 9.17) is 11.2 Å². The molecule has 2 aliphatic heterocycles. The first-order valence-corrected chi connectivity index (χ1v) is 13.4. The van der Waals surface area contributed by atoms with Gasteiger partial charge in [-0.2, -0.15) is 9.97 Å². The fourth-order valence-electron chi connectivity index (χ4n) is 5.64. The zero-order chi connectivity index (χ0) is 27.8. The van der Waals surface area contributed by atoms with Crippen LogP contribution in [0.3, 0.4) is 0 Å². The first-order chi connectivity index (χ1) is 19.4. The molecule has 0 unspecified atom stereocenters. The molecule has 0 saturated carbocycles. The lowest BCUT2D eigenvalue weighted by atomic mass is 9.97. The van der Waals surface area contributed by atoms with E-state index in [0.717, 1.165) is 30.2 Å². The maximum absolute atomic E-state index is 16.4. The van der Waals surface area contributed by atoms with Crippen LogP contribution in [-0.2, 0) is 0 Å². The van der Waals surface area contributed by atoms with Gasteiger partial charge in [-0.25, -0.2) is 9.18 Å². The Morgan fingerprint density at radius 2 is 1.93 bits per heavy atom. The fourth-order valence-corrected chi connectivity index (χ4v) is 5.64. The average Bonchev–Trinajstić information content (AvgIpc) is 3.40. The van der Waals surface area contributed by atoms with E-state index in [1.807, 2.05) is 35.2 Å². The number of carboxylic acid groups (broad SMARTS) is 1. The van der Waals surface area contributed by atoms with E-state index in [9.17, 15) is 9.90 Å². The molecule has 2 aliphatic rings. The van der Waals surface area contributed by atoms with Gasteiger partial charge in [0.15, 0.2) is 5.82 Å². The third kappa shape index (κ3) is 4.62. The third-order valence-corrected chi connectivity index (χ3v) is 7.88. The number of hydrogen-bond donors (Lipinski definition) is 1. The highest BCUT2D eigenvalue weighted by atomic mass is 19.1. The molecule has 204 valence electrons. The predicted octanol–water partition coefficient (Wildman–Crippen LogP) is 4.24. The summed E-state index contributed by atoms with van der Waals surface area (Å²) in [6.45, 7) is 2.82. The number of fused-ring (bicyclic) bond motifs is 2. The monoisotopic (exact) mass is 540 g/mol. The molecule has 2 saturated heterocycles. The minimum atomic E-state index is -0.962. The van der Waals surface area contributed by atoms with Gasteiger partial charge in [-0.15, -0.1) is 6.42 Å². The molecule has 4 aromatic rings. The Kier molecular flexibility index (Phi) is 6.82. The van der Waals surface area contributed by atoms with Crippen LogP contribution in [0, 0.1) is 18.2 Å². The highest BCUT2D eigenvalue weighted by Crippen LogP contribution is 2.36. The second-order valence-electron chi connectivity index (χ2n) is 10.2. The summed E-state index contributed by atoms with van der Waals surface area (Å²) in [5, 5.41) is 11.5. The fraction of sp³-hybridized carbons (Fsp3) is 0.333. The van der Waals surface area contributed by atoms with Crippen LogP contribution in [-0.4, -0.2) is 88.4 Å². The van der Waals surface area contributed by atoms with Crippen molar-refractivity contribution in [1.29, 1.82) is 0 Å². The Morgan fingerprint density at radius 3 is 2.62 bits per heavy atom. The Balaban J connectivity index is 1.46. The number of likely N-dealkylation sites (N-methyl/N-ethyl adjacent to an activating group) is 1. The normalized spacial score (nSPS) is 17.9. The molecule has 10 heteroatoms. The van der Waals surface area contributed by atoms with Crippen LogP contribution in [0.5, 0.6) is 6.01 Å². The number of terminal acetylenes is 1. The summed E-state index contributed by atoms with van der Waals surface area (Å²) >= 11 is 0. The second kappa shape index (κ2) is 10.6. The van der Waals surface area contributed by atoms with E-state index < -0.39 is 11.9 Å². The van der Waals surface area contributed by atoms with Crippen LogP contribution < -0.4 is 9.64 Å². The molecule has 1 amide bonds. The van der Waals surface area contributed by atoms with Gasteiger partial charge < -0.3 is 24.5 Å². The number of aromatic nitrogens is 3. The molecule has 1 atom stereocenters. The van der Waals surface area contributed by atoms with Crippen molar-refractivity contribution in [2.75, 3.05) is 51.3 Å². The summed E-state index contributed by atoms with van der Waals surface area (Å²) in [6, 6.07) is 11.5. The van der Waals surface area contributed by atoms with Gasteiger partial charge in [-0.05, 0) is 37.9 Å². The molecule has 9 nitrogen and oxygen atoms in total. The first-order valence-electron chi connectivity index (χ1n) is 13.4. The number of hydrogen-bond acceptors (Lipinski definition) is 7. The molecule has 0 spiro atoms. The van der Waals surface area contributed by atoms with E-state index in [0.29, 0.717) is 55.1 Å². The molecule has 2 aromatic heterocycles. The average molecular weight is 541 g/mol. The largest absolute Gasteiger partial charge is 0.465 e. The van der Waals surface area contributed by atoms with Crippen molar-refractivity contribution in [2.24, 2.45) is 0 Å². The smallest absolute Gasteiger partial charge is 0.407 e. The van der Waals surface area contributed by atoms with E-state index >= 15 is 4.39 Å². The van der Waals surface area contributed by atoms with Gasteiger partial charge in [0.25, 0.3) is 0 Å². The number of ether oxygens (including phenoxy) is 1. The number of likely N-dealkylation sites (tertiary alicyclic amines) is 1. The molecular weight excluding hydrogens is 511 g/mol. The van der Waals surface area contributed by atoms with Gasteiger partial charge in [0.05, 0.1) is 5.39 Å². The molecule has 0 bridgehead atoms. The Labute approximate surface area is 231 Å². The van der Waals surface area contributed by atoms with Gasteiger partial charge in [-0.3, -0.25) is 4.98 Å². The SMILES string of the molecule is C#Cc1cccc2cccc(-c3ncc4c(N5CCN(C(=O)O)CC5)nc(OC[C@@H]5CCCN5C)nc4c3F)c12. The molecule has 2 aromatic carbocycles. The summed E-state index contributed by atoms with van der Waals surface area (Å²) in [4.78, 5) is 30.7. The standard InChI is InChI=1S/C30H29FN6O3/c1-3-19-7-4-8-20-9-5-11-22(24(19)20)26-25(31)27-23(17-32-26)28(36-13-15-37(16-14-36)30(38)39)34-29(33-27)40-18-21-10-6-12-35(21)2/h1,4-5,7-9,11,17,21H,6,10,12-16,18H2,2H3,(H,38,39)/t21-/m0/s1. The number of nitrogens with zero attached hydrogens (tertiary/aromatic N) is 6. The second-order valence-corrected chi connectivity index (χ2v) is 10.2. The number of amides is 1. The van der Waals surface area contributed by atoms with E-state index in [1.54, 1.807) is 12.3 Å². The number of anilines is 1. The van der Waals surface area contributed by atoms with Gasteiger partial charge in [0.2, 0.25) is 0 Å². The Morgan fingerprint density at radius 1 is 1.15 bits per heavy atom. The Bertz CT molecular complexity index is 1640. The molecule has 0 aliphatic carbocycles. The quantitative estimate of drug-likeness (QED) is 0.376. The van der Waals surface area contributed by atoms with Crippen molar-refractivity contribution in [3.63, 3.8) is 0 Å². The van der Waals surface area contributed by atoms with Gasteiger partial charge >= 0.3 is 12.1 Å². The van der Waals surface area contributed by atoms with Crippen LogP contribution in [0.2, 0.25) is 0 Å². The summed E-state index contributed by atoms with van der Waals surface area (Å²) in [5.41, 5.74) is 1.47. The zero-order valence-corrected chi connectivity index (χ0v) is 22.2. The topological polar surface area (TPSA) is 94.9 Å². The first kappa shape index (κ1) is 25.8. The van der Waals surface area contributed by atoms with Crippen LogP contribution in [0.15, 0.2) is 42.6 Å². The van der Waals surface area contributed by atoms with Crippen LogP contribution in [0.1, 0.15) is 18.4 Å². The van der Waals surface area contributed by atoms with Crippen LogP contribution >= 0.6 is 0 Å². The van der Waals surface area contributed by atoms with Crippen LogP contribution in [0.25, 0.3) is 32.9 Å². The Hall–Kier alpha value is -4.49. The van der Waals surface area contributed by atoms with Crippen molar-refractivity contribution in [1.82, 2.24) is 24.8 Å².